The van der Waals surface area contributed by atoms with Crippen molar-refractivity contribution in [1.29, 1.82) is 0 Å². The molecule has 9 heteroatoms. The molecular weight excluding hydrogens is 330 g/mol. The van der Waals surface area contributed by atoms with E-state index in [4.69, 9.17) is 0 Å². The molecule has 0 saturated carbocycles. The number of anilines is 1. The Hall–Kier alpha value is -1.74. The second kappa shape index (κ2) is 7.89. The van der Waals surface area contributed by atoms with Gasteiger partial charge >= 0.3 is 0 Å². The maximum absolute atomic E-state index is 12.1. The molecule has 1 aromatic heterocycles. The molecule has 1 amide bonds. The van der Waals surface area contributed by atoms with E-state index >= 15 is 0 Å². The van der Waals surface area contributed by atoms with Crippen molar-refractivity contribution < 1.29 is 13.2 Å². The summed E-state index contributed by atoms with van der Waals surface area (Å²) in [6, 6.07) is 0.0118. The third kappa shape index (κ3) is 5.41. The third-order valence-electron chi connectivity index (χ3n) is 4.16. The van der Waals surface area contributed by atoms with E-state index in [-0.39, 0.29) is 24.9 Å². The molecule has 1 fully saturated rings. The van der Waals surface area contributed by atoms with Crippen LogP contribution in [-0.4, -0.2) is 56.2 Å². The van der Waals surface area contributed by atoms with Gasteiger partial charge in [-0.15, -0.1) is 0 Å². The molecule has 8 nitrogen and oxygen atoms in total. The van der Waals surface area contributed by atoms with Gasteiger partial charge in [0.25, 0.3) is 0 Å². The molecule has 2 rings (SSSR count). The van der Waals surface area contributed by atoms with Crippen molar-refractivity contribution in [3.8, 4) is 0 Å². The Kier molecular flexibility index (Phi) is 6.11. The molecule has 134 valence electrons. The Morgan fingerprint density at radius 1 is 1.38 bits per heavy atom. The molecule has 1 aliphatic rings. The van der Waals surface area contributed by atoms with Crippen molar-refractivity contribution in [3.05, 3.63) is 18.6 Å². The summed E-state index contributed by atoms with van der Waals surface area (Å²) in [4.78, 5) is 22.6. The van der Waals surface area contributed by atoms with Crippen LogP contribution in [0.4, 0.5) is 5.82 Å². The minimum absolute atomic E-state index is 0.0118. The molecule has 0 aromatic carbocycles. The molecule has 24 heavy (non-hydrogen) atoms. The maximum Gasteiger partial charge on any atom is 0.221 e. The van der Waals surface area contributed by atoms with Gasteiger partial charge in [-0.3, -0.25) is 9.78 Å². The standard InChI is InChI=1S/C15H25N5O3S/c1-11(2)12-9-20(14-8-16-6-7-17-14)10-13(12)19-15(21)4-5-18-24(3,22)23/h6-8,11-13,18H,4-5,9-10H2,1-3H3,(H,19,21)/t12-,13+/m1/s1. The van der Waals surface area contributed by atoms with Gasteiger partial charge in [0, 0.05) is 44.4 Å². The zero-order valence-electron chi connectivity index (χ0n) is 14.3. The van der Waals surface area contributed by atoms with E-state index in [0.29, 0.717) is 18.4 Å². The smallest absolute Gasteiger partial charge is 0.221 e. The van der Waals surface area contributed by atoms with Crippen molar-refractivity contribution in [2.45, 2.75) is 26.3 Å². The molecular formula is C15H25N5O3S. The Morgan fingerprint density at radius 2 is 2.12 bits per heavy atom. The Morgan fingerprint density at radius 3 is 2.71 bits per heavy atom. The molecule has 0 bridgehead atoms. The number of sulfonamides is 1. The molecule has 0 unspecified atom stereocenters. The van der Waals surface area contributed by atoms with Crippen LogP contribution < -0.4 is 14.9 Å². The fraction of sp³-hybridized carbons (Fsp3) is 0.667. The molecule has 1 aromatic rings. The Balaban J connectivity index is 1.93. The van der Waals surface area contributed by atoms with Crippen LogP contribution in [0, 0.1) is 11.8 Å². The first-order valence-electron chi connectivity index (χ1n) is 8.01. The van der Waals surface area contributed by atoms with Crippen molar-refractivity contribution in [1.82, 2.24) is 20.0 Å². The van der Waals surface area contributed by atoms with Gasteiger partial charge < -0.3 is 10.2 Å². The number of carbonyl (C=O) groups excluding carboxylic acids is 1. The quantitative estimate of drug-likeness (QED) is 0.713. The maximum atomic E-state index is 12.1. The number of amides is 1. The number of hydrogen-bond donors (Lipinski definition) is 2. The predicted octanol–water partition coefficient (Wildman–Crippen LogP) is -0.00710. The third-order valence-corrected chi connectivity index (χ3v) is 4.89. The summed E-state index contributed by atoms with van der Waals surface area (Å²) in [5.74, 6) is 1.37. The lowest BCUT2D eigenvalue weighted by Gasteiger charge is -2.22. The van der Waals surface area contributed by atoms with Gasteiger partial charge in [-0.25, -0.2) is 18.1 Å². The van der Waals surface area contributed by atoms with Gasteiger partial charge in [0.15, 0.2) is 0 Å². The van der Waals surface area contributed by atoms with Gasteiger partial charge in [-0.2, -0.15) is 0 Å². The van der Waals surface area contributed by atoms with Gasteiger partial charge in [0.1, 0.15) is 5.82 Å². The van der Waals surface area contributed by atoms with Crippen molar-refractivity contribution in [2.24, 2.45) is 11.8 Å². The summed E-state index contributed by atoms with van der Waals surface area (Å²) in [6.45, 7) is 5.86. The minimum Gasteiger partial charge on any atom is -0.353 e. The number of carbonyl (C=O) groups is 1. The lowest BCUT2D eigenvalue weighted by Crippen LogP contribution is -2.43. The highest BCUT2D eigenvalue weighted by Gasteiger charge is 2.36. The molecule has 0 radical (unpaired) electrons. The molecule has 1 aliphatic heterocycles. The van der Waals surface area contributed by atoms with Gasteiger partial charge in [-0.05, 0) is 5.92 Å². The van der Waals surface area contributed by atoms with Crippen LogP contribution in [0.15, 0.2) is 18.6 Å². The van der Waals surface area contributed by atoms with Gasteiger partial charge in [0.2, 0.25) is 15.9 Å². The van der Waals surface area contributed by atoms with Crippen LogP contribution in [0.2, 0.25) is 0 Å². The van der Waals surface area contributed by atoms with E-state index < -0.39 is 10.0 Å². The summed E-state index contributed by atoms with van der Waals surface area (Å²) >= 11 is 0. The number of nitrogens with zero attached hydrogens (tertiary/aromatic N) is 3. The van der Waals surface area contributed by atoms with Crippen molar-refractivity contribution >= 4 is 21.7 Å². The molecule has 2 atom stereocenters. The largest absolute Gasteiger partial charge is 0.353 e. The van der Waals surface area contributed by atoms with E-state index in [2.05, 4.69) is 38.8 Å². The molecule has 0 spiro atoms. The normalized spacial score (nSPS) is 21.2. The second-order valence-electron chi connectivity index (χ2n) is 6.47. The highest BCUT2D eigenvalue weighted by atomic mass is 32.2. The minimum atomic E-state index is -3.27. The molecule has 0 aliphatic carbocycles. The summed E-state index contributed by atoms with van der Waals surface area (Å²) in [6.07, 6.45) is 6.21. The number of nitrogens with one attached hydrogen (secondary N) is 2. The van der Waals surface area contributed by atoms with Crippen LogP contribution in [-0.2, 0) is 14.8 Å². The van der Waals surface area contributed by atoms with E-state index in [9.17, 15) is 13.2 Å². The van der Waals surface area contributed by atoms with Crippen LogP contribution >= 0.6 is 0 Å². The first-order chi connectivity index (χ1) is 11.3. The van der Waals surface area contributed by atoms with E-state index in [0.717, 1.165) is 18.6 Å². The van der Waals surface area contributed by atoms with Crippen molar-refractivity contribution in [2.75, 3.05) is 30.8 Å². The molecule has 2 N–H and O–H groups in total. The van der Waals surface area contributed by atoms with Crippen LogP contribution in [0.3, 0.4) is 0 Å². The average Bonchev–Trinajstić information content (AvgIpc) is 2.91. The Bertz CT molecular complexity index is 650. The lowest BCUT2D eigenvalue weighted by molar-refractivity contribution is -0.121. The highest BCUT2D eigenvalue weighted by Crippen LogP contribution is 2.27. The van der Waals surface area contributed by atoms with Crippen LogP contribution in [0.25, 0.3) is 0 Å². The summed E-state index contributed by atoms with van der Waals surface area (Å²) in [5.41, 5.74) is 0. The van der Waals surface area contributed by atoms with Crippen LogP contribution in [0.1, 0.15) is 20.3 Å². The first kappa shape index (κ1) is 18.6. The molecule has 2 heterocycles. The van der Waals surface area contributed by atoms with Gasteiger partial charge in [0.05, 0.1) is 18.5 Å². The van der Waals surface area contributed by atoms with E-state index in [1.165, 1.54) is 0 Å². The van der Waals surface area contributed by atoms with Gasteiger partial charge in [-0.1, -0.05) is 13.8 Å². The average molecular weight is 355 g/mol. The predicted molar refractivity (Wildman–Crippen MR) is 92.0 cm³/mol. The first-order valence-corrected chi connectivity index (χ1v) is 9.90. The SMILES string of the molecule is CC(C)[C@H]1CN(c2cnccn2)C[C@@H]1NC(=O)CCNS(C)(=O)=O. The topological polar surface area (TPSA) is 104 Å². The van der Waals surface area contributed by atoms with Crippen LogP contribution in [0.5, 0.6) is 0 Å². The summed E-state index contributed by atoms with van der Waals surface area (Å²) in [5, 5.41) is 3.03. The highest BCUT2D eigenvalue weighted by molar-refractivity contribution is 7.88. The number of hydrogen-bond acceptors (Lipinski definition) is 6. The summed E-state index contributed by atoms with van der Waals surface area (Å²) < 4.78 is 24.4. The number of aromatic nitrogens is 2. The monoisotopic (exact) mass is 355 g/mol. The second-order valence-corrected chi connectivity index (χ2v) is 8.30. The lowest BCUT2D eigenvalue weighted by atomic mass is 9.91. The van der Waals surface area contributed by atoms with E-state index in [1.807, 2.05) is 0 Å². The fourth-order valence-corrected chi connectivity index (χ4v) is 3.40. The van der Waals surface area contributed by atoms with E-state index in [1.54, 1.807) is 18.6 Å². The zero-order valence-corrected chi connectivity index (χ0v) is 15.1. The molecule has 1 saturated heterocycles. The summed E-state index contributed by atoms with van der Waals surface area (Å²) in [7, 11) is -3.27. The number of rotatable bonds is 7. The fourth-order valence-electron chi connectivity index (χ4n) is 2.93. The Labute approximate surface area is 143 Å². The van der Waals surface area contributed by atoms with Crippen molar-refractivity contribution in [3.63, 3.8) is 0 Å². The zero-order chi connectivity index (χ0) is 17.7.